The number of methoxy groups -OCH3 is 1. The van der Waals surface area contributed by atoms with Gasteiger partial charge in [-0.15, -0.1) is 0 Å². The highest BCUT2D eigenvalue weighted by Gasteiger charge is 2.47. The van der Waals surface area contributed by atoms with E-state index >= 15 is 33.6 Å². The summed E-state index contributed by atoms with van der Waals surface area (Å²) in [6, 6.07) is -14.4. The van der Waals surface area contributed by atoms with Gasteiger partial charge in [0, 0.05) is 69.5 Å². The zero-order valence-electron chi connectivity index (χ0n) is 63.0. The van der Waals surface area contributed by atoms with Crippen LogP contribution >= 0.6 is 0 Å². The van der Waals surface area contributed by atoms with Gasteiger partial charge in [-0.3, -0.25) is 52.7 Å². The molecule has 1 heterocycles. The number of allylic oxidation sites excluding steroid dienone is 2. The Morgan fingerprint density at radius 3 is 1.44 bits per heavy atom. The molecular weight excluding hydrogens is 1220 g/mol. The lowest BCUT2D eigenvalue weighted by Gasteiger charge is -2.41. The SMILES string of the molecule is C/C=C/C[C@@H](C)[C@@H](O)[C@H]1C(=O)N[C@@H](CC)C(=O)N(C)[C@H](COCCCN(C)C)C(=O)N(C)[C@@H](CC(C)(C)OC)C(=O)N[C@@H](C(C)C)C(=O)N(C)[C@@H](CC(C)C)C(=O)N[C@@H](C)C(=O)N[C@H](C)C(=O)N(C)[C@@H](CC(C)C)C(=O)N(C)[C@@H](CC(C)C)C(=O)N(C)[C@@H](C(C)C)C(=O)N1C. The molecule has 26 nitrogen and oxygen atoms in total. The van der Waals surface area contributed by atoms with Crippen LogP contribution in [0.15, 0.2) is 12.2 Å². The summed E-state index contributed by atoms with van der Waals surface area (Å²) < 4.78 is 12.0. The van der Waals surface area contributed by atoms with Crippen LogP contribution in [0.3, 0.4) is 0 Å². The molecule has 0 saturated carbocycles. The minimum atomic E-state index is -1.67. The van der Waals surface area contributed by atoms with Gasteiger partial charge in [-0.25, -0.2) is 0 Å². The first-order chi connectivity index (χ1) is 43.9. The quantitative estimate of drug-likeness (QED) is 0.0767. The third-order valence-corrected chi connectivity index (χ3v) is 18.1. The van der Waals surface area contributed by atoms with Crippen LogP contribution in [-0.2, 0) is 62.2 Å². The highest BCUT2D eigenvalue weighted by atomic mass is 16.5. The number of aliphatic hydroxyl groups excluding tert-OH is 1. The second-order valence-corrected chi connectivity index (χ2v) is 29.1. The van der Waals surface area contributed by atoms with E-state index < -0.39 is 161 Å². The van der Waals surface area contributed by atoms with E-state index in [-0.39, 0.29) is 69.5 Å². The van der Waals surface area contributed by atoms with Gasteiger partial charge in [-0.1, -0.05) is 95.2 Å². The normalized spacial score (nSPS) is 26.3. The van der Waals surface area contributed by atoms with Gasteiger partial charge in [0.25, 0.3) is 0 Å². The average molecular weight is 1350 g/mol. The summed E-state index contributed by atoms with van der Waals surface area (Å²) in [5, 5.41) is 23.4. The van der Waals surface area contributed by atoms with Crippen LogP contribution in [0.25, 0.3) is 0 Å². The monoisotopic (exact) mass is 1350 g/mol. The molecule has 1 saturated heterocycles. The van der Waals surface area contributed by atoms with Gasteiger partial charge in [0.05, 0.1) is 18.3 Å². The predicted molar refractivity (Wildman–Crippen MR) is 368 cm³/mol. The van der Waals surface area contributed by atoms with E-state index in [1.54, 1.807) is 74.5 Å². The van der Waals surface area contributed by atoms with Crippen LogP contribution in [0.2, 0.25) is 0 Å². The Bertz CT molecular complexity index is 2580. The van der Waals surface area contributed by atoms with Gasteiger partial charge < -0.3 is 75.0 Å². The van der Waals surface area contributed by atoms with Crippen molar-refractivity contribution in [2.45, 2.75) is 241 Å². The van der Waals surface area contributed by atoms with Crippen LogP contribution < -0.4 is 21.3 Å². The Balaban J connectivity index is 4.60. The number of hydrogen-bond acceptors (Lipinski definition) is 15. The Morgan fingerprint density at radius 1 is 0.526 bits per heavy atom. The largest absolute Gasteiger partial charge is 0.390 e. The van der Waals surface area contributed by atoms with Gasteiger partial charge >= 0.3 is 0 Å². The van der Waals surface area contributed by atoms with Crippen LogP contribution in [0.1, 0.15) is 163 Å². The number of hydrogen-bond donors (Lipinski definition) is 5. The molecule has 13 atom stereocenters. The summed E-state index contributed by atoms with van der Waals surface area (Å²) in [6.45, 7) is 30.0. The molecule has 0 aliphatic carbocycles. The fourth-order valence-electron chi connectivity index (χ4n) is 11.7. The Kier molecular flexibility index (Phi) is 36.4. The molecule has 0 aromatic carbocycles. The molecule has 5 N–H and O–H groups in total. The fraction of sp³-hybridized carbons (Fsp3) is 0.812. The molecule has 0 radical (unpaired) electrons. The number of nitrogens with one attached hydrogen (secondary N) is 4. The second-order valence-electron chi connectivity index (χ2n) is 29.1. The van der Waals surface area contributed by atoms with E-state index in [0.717, 1.165) is 9.80 Å². The lowest BCUT2D eigenvalue weighted by Crippen LogP contribution is -2.64. The Morgan fingerprint density at radius 2 is 0.968 bits per heavy atom. The van der Waals surface area contributed by atoms with Gasteiger partial charge in [0.1, 0.15) is 66.5 Å². The first-order valence-corrected chi connectivity index (χ1v) is 34.0. The van der Waals surface area contributed by atoms with Gasteiger partial charge in [0.2, 0.25) is 65.0 Å². The van der Waals surface area contributed by atoms with Crippen LogP contribution in [-0.4, -0.2) is 278 Å². The van der Waals surface area contributed by atoms with Crippen molar-refractivity contribution in [2.24, 2.45) is 35.5 Å². The van der Waals surface area contributed by atoms with Crippen molar-refractivity contribution in [1.82, 2.24) is 60.5 Å². The number of likely N-dealkylation sites (N-methyl/N-ethyl adjacent to an activating group) is 7. The predicted octanol–water partition coefficient (Wildman–Crippen LogP) is 3.37. The standard InChI is InChI=1S/C69H126N12O14/c1-28-30-32-45(13)57(82)56-61(86)72-48(29-2)63(88)79(24)53(39-95-34-31-33-74(18)19)66(91)78(23)52(38-69(16,17)94-27)60(85)73-54(43(9)10)67(92)75(20)49(35-40(3)4)59(84)70-46(14)58(83)71-47(15)62(87)76(21)50(36-41(5)6)64(89)77(22)51(37-42(7)8)65(90)80(25)55(44(11)12)68(93)81(56)26/h28,30,40-57,82H,29,31-39H2,1-27H3,(H,70,84)(H,71,83)(H,72,86)(H,73,85)/b30-28+/t45-,46+,47-,48+,49+,50+,51+,52+,53-,54+,55+,56+,57-/m1/s1. The molecule has 1 fully saturated rings. The lowest BCUT2D eigenvalue weighted by molar-refractivity contribution is -0.157. The molecule has 546 valence electrons. The molecule has 1 rings (SSSR count). The molecular formula is C69H126N12O14. The molecule has 0 aromatic heterocycles. The maximum absolute atomic E-state index is 15.4. The first-order valence-electron chi connectivity index (χ1n) is 34.0. The van der Waals surface area contributed by atoms with Crippen LogP contribution in [0.4, 0.5) is 0 Å². The average Bonchev–Trinajstić information content (AvgIpc) is 0.811. The summed E-state index contributed by atoms with van der Waals surface area (Å²) in [7, 11) is 15.1. The summed E-state index contributed by atoms with van der Waals surface area (Å²) >= 11 is 0. The first kappa shape index (κ1) is 86.8. The Hall–Kier alpha value is -6.25. The van der Waals surface area contributed by atoms with Crippen molar-refractivity contribution >= 4 is 65.0 Å². The number of nitrogens with zero attached hydrogens (tertiary/aromatic N) is 8. The molecule has 1 aliphatic heterocycles. The smallest absolute Gasteiger partial charge is 0.248 e. The van der Waals surface area contributed by atoms with E-state index in [9.17, 15) is 24.3 Å². The zero-order valence-corrected chi connectivity index (χ0v) is 63.0. The van der Waals surface area contributed by atoms with Crippen LogP contribution in [0.5, 0.6) is 0 Å². The summed E-state index contributed by atoms with van der Waals surface area (Å²) in [4.78, 5) is 175. The van der Waals surface area contributed by atoms with Gasteiger partial charge in [-0.05, 0) is 129 Å². The van der Waals surface area contributed by atoms with Crippen molar-refractivity contribution < 1.29 is 67.3 Å². The van der Waals surface area contributed by atoms with Crippen molar-refractivity contribution in [3.63, 3.8) is 0 Å². The Labute approximate surface area is 569 Å². The third-order valence-electron chi connectivity index (χ3n) is 18.1. The van der Waals surface area contributed by atoms with Crippen molar-refractivity contribution in [3.8, 4) is 0 Å². The number of carbonyl (C=O) groups excluding carboxylic acids is 11. The summed E-state index contributed by atoms with van der Waals surface area (Å²) in [6.07, 6.45) is 3.11. The topological polar surface area (TPSA) is 300 Å². The fourth-order valence-corrected chi connectivity index (χ4v) is 11.7. The van der Waals surface area contributed by atoms with Crippen molar-refractivity contribution in [3.05, 3.63) is 12.2 Å². The van der Waals surface area contributed by atoms with E-state index in [4.69, 9.17) is 9.47 Å². The van der Waals surface area contributed by atoms with E-state index in [2.05, 4.69) is 21.3 Å². The molecule has 11 amide bonds. The van der Waals surface area contributed by atoms with Crippen molar-refractivity contribution in [1.29, 1.82) is 0 Å². The summed E-state index contributed by atoms with van der Waals surface area (Å²) in [5.41, 5.74) is -1.07. The molecule has 95 heavy (non-hydrogen) atoms. The number of amides is 11. The van der Waals surface area contributed by atoms with Gasteiger partial charge in [0.15, 0.2) is 0 Å². The minimum Gasteiger partial charge on any atom is -0.390 e. The molecule has 0 bridgehead atoms. The second kappa shape index (κ2) is 39.8. The molecule has 0 spiro atoms. The number of rotatable bonds is 22. The number of aliphatic hydroxyl groups is 1. The van der Waals surface area contributed by atoms with Gasteiger partial charge in [-0.2, -0.15) is 0 Å². The summed E-state index contributed by atoms with van der Waals surface area (Å²) in [5.74, 6) is -10.3. The maximum atomic E-state index is 15.4. The highest BCUT2D eigenvalue weighted by molar-refractivity contribution is 6.00. The maximum Gasteiger partial charge on any atom is 0.248 e. The van der Waals surface area contributed by atoms with E-state index in [0.29, 0.717) is 13.0 Å². The lowest BCUT2D eigenvalue weighted by atomic mass is 9.91. The third kappa shape index (κ3) is 25.3. The van der Waals surface area contributed by atoms with Crippen molar-refractivity contribution in [2.75, 3.05) is 90.3 Å². The zero-order chi connectivity index (χ0) is 73.6. The molecule has 1 aliphatic rings. The number of carbonyl (C=O) groups is 11. The number of ether oxygens (including phenoxy) is 2. The molecule has 0 aromatic rings. The van der Waals surface area contributed by atoms with E-state index in [1.807, 2.05) is 60.5 Å². The van der Waals surface area contributed by atoms with Crippen LogP contribution in [0, 0.1) is 35.5 Å². The minimum absolute atomic E-state index is 0.0415. The molecule has 26 heteroatoms. The van der Waals surface area contributed by atoms with E-state index in [1.165, 1.54) is 94.8 Å². The highest BCUT2D eigenvalue weighted by Crippen LogP contribution is 2.27. The molecule has 0 unspecified atom stereocenters.